The molecule has 2 fully saturated rings. The molecular formula is C19H29N3O3. The summed E-state index contributed by atoms with van der Waals surface area (Å²) in [6.07, 6.45) is 5.37. The van der Waals surface area contributed by atoms with E-state index < -0.39 is 0 Å². The first-order chi connectivity index (χ1) is 12.2. The van der Waals surface area contributed by atoms with Gasteiger partial charge in [0.2, 0.25) is 0 Å². The van der Waals surface area contributed by atoms with Crippen LogP contribution in [0.2, 0.25) is 0 Å². The number of hydrogen-bond acceptors (Lipinski definition) is 4. The number of urea groups is 1. The van der Waals surface area contributed by atoms with E-state index in [2.05, 4.69) is 10.2 Å². The lowest BCUT2D eigenvalue weighted by molar-refractivity contribution is 0.109. The van der Waals surface area contributed by atoms with Crippen LogP contribution in [0.3, 0.4) is 0 Å². The summed E-state index contributed by atoms with van der Waals surface area (Å²) in [7, 11) is 3.23. The van der Waals surface area contributed by atoms with Gasteiger partial charge in [-0.3, -0.25) is 4.90 Å². The fourth-order valence-electron chi connectivity index (χ4n) is 3.84. The van der Waals surface area contributed by atoms with Gasteiger partial charge in [-0.2, -0.15) is 0 Å². The summed E-state index contributed by atoms with van der Waals surface area (Å²) < 4.78 is 10.5. The number of carbonyl (C=O) groups excluding carboxylic acids is 1. The second-order valence-corrected chi connectivity index (χ2v) is 6.81. The van der Waals surface area contributed by atoms with Crippen LogP contribution in [-0.2, 0) is 6.54 Å². The summed E-state index contributed by atoms with van der Waals surface area (Å²) >= 11 is 0. The number of benzene rings is 1. The first kappa shape index (κ1) is 17.9. The molecule has 6 heteroatoms. The fraction of sp³-hybridized carbons (Fsp3) is 0.632. The first-order valence-corrected chi connectivity index (χ1v) is 9.19. The lowest BCUT2D eigenvalue weighted by atomic mass is 10.2. The van der Waals surface area contributed by atoms with Gasteiger partial charge >= 0.3 is 6.03 Å². The number of ether oxygens (including phenoxy) is 2. The van der Waals surface area contributed by atoms with Crippen LogP contribution in [0.25, 0.3) is 0 Å². The van der Waals surface area contributed by atoms with Crippen molar-refractivity contribution >= 4 is 6.03 Å². The summed E-state index contributed by atoms with van der Waals surface area (Å²) in [5, 5.41) is 3.01. The highest BCUT2D eigenvalue weighted by atomic mass is 16.5. The van der Waals surface area contributed by atoms with Crippen molar-refractivity contribution in [3.63, 3.8) is 0 Å². The zero-order chi connectivity index (χ0) is 17.6. The molecule has 1 aromatic rings. The number of nitrogens with zero attached hydrogens (tertiary/aromatic N) is 2. The minimum atomic E-state index is 0.0147. The Balaban J connectivity index is 1.46. The fourth-order valence-corrected chi connectivity index (χ4v) is 3.84. The van der Waals surface area contributed by atoms with E-state index in [9.17, 15) is 4.79 Å². The molecule has 2 aliphatic rings. The molecule has 1 saturated heterocycles. The topological polar surface area (TPSA) is 54.0 Å². The van der Waals surface area contributed by atoms with Crippen molar-refractivity contribution in [2.75, 3.05) is 40.4 Å². The molecule has 1 aliphatic heterocycles. The third-order valence-electron chi connectivity index (χ3n) is 5.33. The standard InChI is InChI=1S/C19H29N3O3/c1-24-17-8-7-15(13-18(17)25-2)14-20-19(23)22-11-9-21(10-12-22)16-5-3-4-6-16/h7-8,13,16H,3-6,9-12,14H2,1-2H3,(H,20,23). The molecule has 3 rings (SSSR count). The third-order valence-corrected chi connectivity index (χ3v) is 5.33. The number of hydrogen-bond donors (Lipinski definition) is 1. The van der Waals surface area contributed by atoms with E-state index in [1.165, 1.54) is 25.7 Å². The number of rotatable bonds is 5. The average molecular weight is 347 g/mol. The van der Waals surface area contributed by atoms with E-state index >= 15 is 0 Å². The molecule has 1 aromatic carbocycles. The van der Waals surface area contributed by atoms with Gasteiger partial charge in [0.05, 0.1) is 14.2 Å². The maximum atomic E-state index is 12.4. The zero-order valence-electron chi connectivity index (χ0n) is 15.3. The van der Waals surface area contributed by atoms with Crippen molar-refractivity contribution in [2.24, 2.45) is 0 Å². The summed E-state index contributed by atoms with van der Waals surface area (Å²) in [5.41, 5.74) is 0.996. The highest BCUT2D eigenvalue weighted by Crippen LogP contribution is 2.27. The number of piperazine rings is 1. The highest BCUT2D eigenvalue weighted by molar-refractivity contribution is 5.74. The van der Waals surface area contributed by atoms with Crippen LogP contribution in [0.1, 0.15) is 31.2 Å². The smallest absolute Gasteiger partial charge is 0.317 e. The van der Waals surface area contributed by atoms with Gasteiger partial charge in [0.15, 0.2) is 11.5 Å². The van der Waals surface area contributed by atoms with Gasteiger partial charge in [0.1, 0.15) is 0 Å². The molecule has 0 unspecified atom stereocenters. The maximum Gasteiger partial charge on any atom is 0.317 e. The van der Waals surface area contributed by atoms with Crippen molar-refractivity contribution in [1.29, 1.82) is 0 Å². The van der Waals surface area contributed by atoms with E-state index in [1.807, 2.05) is 23.1 Å². The number of methoxy groups -OCH3 is 2. The Bertz CT molecular complexity index is 579. The van der Waals surface area contributed by atoms with Crippen LogP contribution in [0, 0.1) is 0 Å². The maximum absolute atomic E-state index is 12.4. The lowest BCUT2D eigenvalue weighted by Crippen LogP contribution is -2.53. The Morgan fingerprint density at radius 3 is 2.40 bits per heavy atom. The van der Waals surface area contributed by atoms with Crippen LogP contribution >= 0.6 is 0 Å². The Kier molecular flexibility index (Phi) is 6.02. The van der Waals surface area contributed by atoms with Crippen molar-refractivity contribution < 1.29 is 14.3 Å². The normalized spacial score (nSPS) is 19.0. The number of carbonyl (C=O) groups is 1. The van der Waals surface area contributed by atoms with Gasteiger partial charge in [0.25, 0.3) is 0 Å². The molecule has 0 aromatic heterocycles. The van der Waals surface area contributed by atoms with Crippen molar-refractivity contribution in [3.8, 4) is 11.5 Å². The predicted octanol–water partition coefficient (Wildman–Crippen LogP) is 2.47. The molecule has 0 bridgehead atoms. The molecule has 1 aliphatic carbocycles. The molecule has 1 saturated carbocycles. The van der Waals surface area contributed by atoms with Crippen molar-refractivity contribution in [1.82, 2.24) is 15.1 Å². The Labute approximate surface area is 150 Å². The van der Waals surface area contributed by atoms with Crippen LogP contribution in [0.4, 0.5) is 4.79 Å². The molecule has 2 amide bonds. The molecule has 1 heterocycles. The lowest BCUT2D eigenvalue weighted by Gasteiger charge is -2.38. The number of amides is 2. The highest BCUT2D eigenvalue weighted by Gasteiger charge is 2.27. The van der Waals surface area contributed by atoms with E-state index in [4.69, 9.17) is 9.47 Å². The Hall–Kier alpha value is -1.95. The summed E-state index contributed by atoms with van der Waals surface area (Å²) in [5.74, 6) is 1.38. The Morgan fingerprint density at radius 2 is 1.76 bits per heavy atom. The van der Waals surface area contributed by atoms with E-state index in [-0.39, 0.29) is 6.03 Å². The van der Waals surface area contributed by atoms with Gasteiger partial charge < -0.3 is 19.7 Å². The molecule has 0 spiro atoms. The van der Waals surface area contributed by atoms with Gasteiger partial charge in [-0.25, -0.2) is 4.79 Å². The largest absolute Gasteiger partial charge is 0.493 e. The van der Waals surface area contributed by atoms with Gasteiger partial charge in [-0.15, -0.1) is 0 Å². The third kappa shape index (κ3) is 4.37. The second kappa shape index (κ2) is 8.43. The molecule has 6 nitrogen and oxygen atoms in total. The molecule has 1 N–H and O–H groups in total. The minimum absolute atomic E-state index is 0.0147. The summed E-state index contributed by atoms with van der Waals surface area (Å²) in [4.78, 5) is 16.9. The Morgan fingerprint density at radius 1 is 1.08 bits per heavy atom. The predicted molar refractivity (Wildman–Crippen MR) is 97.2 cm³/mol. The zero-order valence-corrected chi connectivity index (χ0v) is 15.3. The van der Waals surface area contributed by atoms with Crippen LogP contribution in [-0.4, -0.2) is 62.3 Å². The monoisotopic (exact) mass is 347 g/mol. The SMILES string of the molecule is COc1ccc(CNC(=O)N2CCN(C3CCCC3)CC2)cc1OC. The molecule has 25 heavy (non-hydrogen) atoms. The van der Waals surface area contributed by atoms with Crippen LogP contribution in [0.5, 0.6) is 11.5 Å². The van der Waals surface area contributed by atoms with Gasteiger partial charge in [-0.1, -0.05) is 18.9 Å². The number of nitrogens with one attached hydrogen (secondary N) is 1. The van der Waals surface area contributed by atoms with E-state index in [1.54, 1.807) is 14.2 Å². The van der Waals surface area contributed by atoms with Gasteiger partial charge in [-0.05, 0) is 30.5 Å². The van der Waals surface area contributed by atoms with E-state index in [0.29, 0.717) is 18.0 Å². The van der Waals surface area contributed by atoms with Crippen LogP contribution < -0.4 is 14.8 Å². The molecule has 138 valence electrons. The average Bonchev–Trinajstić information content (AvgIpc) is 3.20. The van der Waals surface area contributed by atoms with Crippen molar-refractivity contribution in [2.45, 2.75) is 38.3 Å². The molecule has 0 radical (unpaired) electrons. The van der Waals surface area contributed by atoms with Gasteiger partial charge in [0, 0.05) is 38.8 Å². The van der Waals surface area contributed by atoms with Crippen LogP contribution in [0.15, 0.2) is 18.2 Å². The molecular weight excluding hydrogens is 318 g/mol. The first-order valence-electron chi connectivity index (χ1n) is 9.19. The molecule has 0 atom stereocenters. The summed E-state index contributed by atoms with van der Waals surface area (Å²) in [6, 6.07) is 6.47. The minimum Gasteiger partial charge on any atom is -0.493 e. The van der Waals surface area contributed by atoms with Crippen molar-refractivity contribution in [3.05, 3.63) is 23.8 Å². The van der Waals surface area contributed by atoms with E-state index in [0.717, 1.165) is 37.8 Å². The summed E-state index contributed by atoms with van der Waals surface area (Å²) in [6.45, 7) is 4.10. The quantitative estimate of drug-likeness (QED) is 0.889. The second-order valence-electron chi connectivity index (χ2n) is 6.81.